The van der Waals surface area contributed by atoms with Crippen LogP contribution in [0.3, 0.4) is 0 Å². The van der Waals surface area contributed by atoms with Crippen molar-refractivity contribution in [2.75, 3.05) is 0 Å². The number of aliphatic hydroxyl groups is 1. The molecule has 0 aliphatic carbocycles. The molecule has 0 saturated carbocycles. The number of benzene rings is 1. The Morgan fingerprint density at radius 2 is 1.85 bits per heavy atom. The smallest absolute Gasteiger partial charge is 0.192 e. The van der Waals surface area contributed by atoms with E-state index in [1.807, 2.05) is 22.8 Å². The Bertz CT molecular complexity index is 823. The van der Waals surface area contributed by atoms with E-state index in [9.17, 15) is 10.4 Å². The van der Waals surface area contributed by atoms with Gasteiger partial charge in [-0.1, -0.05) is 39.0 Å². The minimum Gasteiger partial charge on any atom is -0.411 e. The molecule has 1 heterocycles. The molecule has 0 spiro atoms. The first-order valence-corrected chi connectivity index (χ1v) is 12.2. The highest BCUT2D eigenvalue weighted by Gasteiger charge is 2.38. The lowest BCUT2D eigenvalue weighted by Crippen LogP contribution is -2.41. The van der Waals surface area contributed by atoms with Crippen molar-refractivity contribution in [3.8, 4) is 6.07 Å². The van der Waals surface area contributed by atoms with E-state index in [2.05, 4.69) is 44.9 Å². The molecule has 0 radical (unpaired) electrons. The third-order valence-corrected chi connectivity index (χ3v) is 9.93. The summed E-state index contributed by atoms with van der Waals surface area (Å²) in [5, 5.41) is 20.6. The highest BCUT2D eigenvalue weighted by molar-refractivity contribution is 6.74. The standard InChI is InChI=1S/C21H31N3O2Si/c1-20(2,3)27(6,7)26-14-17-13-23-15-24(17)19(21(4,5)25)18-11-9-8-10-16(18)12-22/h8-11,13,15,19,25H,14H2,1-7H3. The van der Waals surface area contributed by atoms with E-state index in [0.717, 1.165) is 11.3 Å². The van der Waals surface area contributed by atoms with E-state index < -0.39 is 20.0 Å². The molecule has 146 valence electrons. The lowest BCUT2D eigenvalue weighted by Gasteiger charge is -2.37. The molecule has 27 heavy (non-hydrogen) atoms. The number of hydrogen-bond donors (Lipinski definition) is 1. The van der Waals surface area contributed by atoms with Crippen LogP contribution in [0.25, 0.3) is 0 Å². The number of hydrogen-bond acceptors (Lipinski definition) is 4. The first-order chi connectivity index (χ1) is 12.4. The van der Waals surface area contributed by atoms with Crippen LogP contribution in [-0.2, 0) is 11.0 Å². The fourth-order valence-electron chi connectivity index (χ4n) is 2.86. The van der Waals surface area contributed by atoms with Crippen LogP contribution in [0.15, 0.2) is 36.8 Å². The maximum atomic E-state index is 10.9. The van der Waals surface area contributed by atoms with Crippen LogP contribution in [0.4, 0.5) is 0 Å². The van der Waals surface area contributed by atoms with Gasteiger partial charge in [0.25, 0.3) is 0 Å². The fraction of sp³-hybridized carbons (Fsp3) is 0.524. The van der Waals surface area contributed by atoms with Crippen LogP contribution in [0.2, 0.25) is 18.1 Å². The highest BCUT2D eigenvalue weighted by Crippen LogP contribution is 2.38. The zero-order valence-corrected chi connectivity index (χ0v) is 18.4. The second-order valence-corrected chi connectivity index (χ2v) is 13.9. The average Bonchev–Trinajstić information content (AvgIpc) is 2.99. The van der Waals surface area contributed by atoms with Gasteiger partial charge in [0.2, 0.25) is 0 Å². The van der Waals surface area contributed by atoms with E-state index >= 15 is 0 Å². The van der Waals surface area contributed by atoms with Crippen LogP contribution in [0.5, 0.6) is 0 Å². The zero-order valence-electron chi connectivity index (χ0n) is 17.4. The summed E-state index contributed by atoms with van der Waals surface area (Å²) in [7, 11) is -1.92. The van der Waals surface area contributed by atoms with Crippen molar-refractivity contribution in [3.63, 3.8) is 0 Å². The molecule has 0 aliphatic rings. The molecule has 1 N–H and O–H groups in total. The quantitative estimate of drug-likeness (QED) is 0.736. The largest absolute Gasteiger partial charge is 0.411 e. The molecule has 1 aromatic carbocycles. The van der Waals surface area contributed by atoms with Gasteiger partial charge in [0.1, 0.15) is 0 Å². The highest BCUT2D eigenvalue weighted by atomic mass is 28.4. The van der Waals surface area contributed by atoms with Gasteiger partial charge in [0.05, 0.1) is 48.1 Å². The summed E-state index contributed by atoms with van der Waals surface area (Å²) in [4.78, 5) is 4.30. The summed E-state index contributed by atoms with van der Waals surface area (Å²) in [6.07, 6.45) is 3.49. The molecule has 0 fully saturated rings. The molecule has 1 aromatic heterocycles. The molecule has 0 bridgehead atoms. The van der Waals surface area contributed by atoms with Crippen molar-refractivity contribution < 1.29 is 9.53 Å². The first kappa shape index (κ1) is 21.4. The second kappa shape index (κ2) is 7.59. The van der Waals surface area contributed by atoms with E-state index in [1.54, 1.807) is 32.4 Å². The van der Waals surface area contributed by atoms with Gasteiger partial charge in [-0.15, -0.1) is 0 Å². The number of nitriles is 1. The van der Waals surface area contributed by atoms with Crippen molar-refractivity contribution >= 4 is 8.32 Å². The summed E-state index contributed by atoms with van der Waals surface area (Å²) in [6, 6.07) is 9.18. The van der Waals surface area contributed by atoms with E-state index in [4.69, 9.17) is 4.43 Å². The van der Waals surface area contributed by atoms with Crippen molar-refractivity contribution in [2.24, 2.45) is 0 Å². The van der Waals surface area contributed by atoms with Gasteiger partial charge in [-0.2, -0.15) is 5.26 Å². The number of aromatic nitrogens is 2. The number of nitrogens with zero attached hydrogens (tertiary/aromatic N) is 3. The van der Waals surface area contributed by atoms with Gasteiger partial charge in [-0.3, -0.25) is 0 Å². The van der Waals surface area contributed by atoms with Gasteiger partial charge < -0.3 is 14.1 Å². The summed E-state index contributed by atoms with van der Waals surface area (Å²) in [5.74, 6) is 0. The maximum Gasteiger partial charge on any atom is 0.192 e. The van der Waals surface area contributed by atoms with E-state index in [1.165, 1.54) is 0 Å². The Morgan fingerprint density at radius 3 is 2.41 bits per heavy atom. The molecule has 5 nitrogen and oxygen atoms in total. The number of imidazole rings is 1. The molecule has 1 atom stereocenters. The van der Waals surface area contributed by atoms with Crippen LogP contribution in [0.1, 0.15) is 57.5 Å². The van der Waals surface area contributed by atoms with E-state index in [0.29, 0.717) is 12.2 Å². The van der Waals surface area contributed by atoms with Gasteiger partial charge >= 0.3 is 0 Å². The predicted molar refractivity (Wildman–Crippen MR) is 110 cm³/mol. The molecule has 2 rings (SSSR count). The summed E-state index contributed by atoms with van der Waals surface area (Å²) >= 11 is 0. The lowest BCUT2D eigenvalue weighted by atomic mass is 9.88. The summed E-state index contributed by atoms with van der Waals surface area (Å²) < 4.78 is 8.30. The minimum absolute atomic E-state index is 0.112. The van der Waals surface area contributed by atoms with Crippen molar-refractivity contribution in [2.45, 2.75) is 71.0 Å². The molecule has 6 heteroatoms. The summed E-state index contributed by atoms with van der Waals surface area (Å²) in [6.45, 7) is 15.0. The molecule has 1 unspecified atom stereocenters. The fourth-order valence-corrected chi connectivity index (χ4v) is 3.80. The Hall–Kier alpha value is -1.94. The van der Waals surface area contributed by atoms with Crippen LogP contribution >= 0.6 is 0 Å². The summed E-state index contributed by atoms with van der Waals surface area (Å²) in [5.41, 5.74) is 1.13. The van der Waals surface area contributed by atoms with Crippen LogP contribution in [-0.4, -0.2) is 28.6 Å². The van der Waals surface area contributed by atoms with Gasteiger partial charge in [-0.05, 0) is 43.6 Å². The molecule has 0 saturated heterocycles. The molecular weight excluding hydrogens is 354 g/mol. The topological polar surface area (TPSA) is 71.1 Å². The van der Waals surface area contributed by atoms with Crippen LogP contribution < -0.4 is 0 Å². The molecule has 0 amide bonds. The van der Waals surface area contributed by atoms with Gasteiger partial charge in [0, 0.05) is 0 Å². The van der Waals surface area contributed by atoms with Crippen molar-refractivity contribution in [3.05, 3.63) is 53.6 Å². The zero-order chi connectivity index (χ0) is 20.5. The molecular formula is C21H31N3O2Si. The second-order valence-electron chi connectivity index (χ2n) is 9.10. The Kier molecular flexibility index (Phi) is 6.00. The van der Waals surface area contributed by atoms with E-state index in [-0.39, 0.29) is 5.04 Å². The number of rotatable bonds is 6. The predicted octanol–water partition coefficient (Wildman–Crippen LogP) is 4.64. The molecule has 2 aromatic rings. The monoisotopic (exact) mass is 385 g/mol. The SMILES string of the molecule is CC(C)(O)C(c1ccccc1C#N)n1cncc1CO[Si](C)(C)C(C)(C)C. The van der Waals surface area contributed by atoms with Crippen LogP contribution in [0, 0.1) is 11.3 Å². The first-order valence-electron chi connectivity index (χ1n) is 9.24. The Labute approximate surface area is 163 Å². The average molecular weight is 386 g/mol. The minimum atomic E-state index is -1.92. The Morgan fingerprint density at radius 1 is 1.22 bits per heavy atom. The van der Waals surface area contributed by atoms with Crippen molar-refractivity contribution in [1.29, 1.82) is 5.26 Å². The Balaban J connectivity index is 2.44. The third kappa shape index (κ3) is 4.67. The van der Waals surface area contributed by atoms with Gasteiger partial charge in [-0.25, -0.2) is 4.98 Å². The normalized spacial score (nSPS) is 14.0. The maximum absolute atomic E-state index is 10.9. The third-order valence-electron chi connectivity index (χ3n) is 5.46. The molecule has 0 aliphatic heterocycles. The lowest BCUT2D eigenvalue weighted by molar-refractivity contribution is 0.0369. The van der Waals surface area contributed by atoms with Crippen molar-refractivity contribution in [1.82, 2.24) is 9.55 Å². The van der Waals surface area contributed by atoms with Gasteiger partial charge in [0.15, 0.2) is 8.32 Å².